The van der Waals surface area contributed by atoms with Crippen LogP contribution in [-0.2, 0) is 11.2 Å². The third-order valence-corrected chi connectivity index (χ3v) is 3.78. The molecule has 1 atom stereocenters. The molecule has 0 aliphatic heterocycles. The Kier molecular flexibility index (Phi) is 2.97. The van der Waals surface area contributed by atoms with Crippen molar-refractivity contribution >= 4 is 6.29 Å². The summed E-state index contributed by atoms with van der Waals surface area (Å²) in [6.07, 6.45) is 4.33. The van der Waals surface area contributed by atoms with Gasteiger partial charge in [0.25, 0.3) is 0 Å². The highest BCUT2D eigenvalue weighted by Crippen LogP contribution is 2.33. The van der Waals surface area contributed by atoms with Crippen LogP contribution in [0.5, 0.6) is 0 Å². The van der Waals surface area contributed by atoms with Gasteiger partial charge in [-0.05, 0) is 41.5 Å². The molecule has 1 aliphatic rings. The first kappa shape index (κ1) is 11.2. The van der Waals surface area contributed by atoms with Crippen LogP contribution in [0.15, 0.2) is 48.5 Å². The molecule has 0 radical (unpaired) electrons. The van der Waals surface area contributed by atoms with Crippen molar-refractivity contribution in [3.05, 3.63) is 59.7 Å². The second-order valence-corrected chi connectivity index (χ2v) is 4.91. The van der Waals surface area contributed by atoms with Crippen molar-refractivity contribution in [2.24, 2.45) is 0 Å². The van der Waals surface area contributed by atoms with Crippen LogP contribution in [0.3, 0.4) is 0 Å². The minimum atomic E-state index is 0.0948. The third-order valence-electron chi connectivity index (χ3n) is 3.78. The molecular formula is C17H16O. The summed E-state index contributed by atoms with van der Waals surface area (Å²) in [7, 11) is 0. The van der Waals surface area contributed by atoms with Crippen molar-refractivity contribution in [1.29, 1.82) is 0 Å². The molecule has 0 heterocycles. The maximum Gasteiger partial charge on any atom is 0.127 e. The highest BCUT2D eigenvalue weighted by molar-refractivity contribution is 5.70. The number of fused-ring (bicyclic) bond motifs is 1. The number of hydrogen-bond acceptors (Lipinski definition) is 1. The van der Waals surface area contributed by atoms with Gasteiger partial charge in [0.2, 0.25) is 0 Å². The van der Waals surface area contributed by atoms with Gasteiger partial charge in [-0.3, -0.25) is 0 Å². The number of carbonyl (C=O) groups is 1. The van der Waals surface area contributed by atoms with Crippen LogP contribution in [0, 0.1) is 0 Å². The average Bonchev–Trinajstić information content (AvgIpc) is 2.47. The largest absolute Gasteiger partial charge is 0.303 e. The molecule has 1 unspecified atom stereocenters. The van der Waals surface area contributed by atoms with Crippen LogP contribution in [0.1, 0.15) is 29.9 Å². The van der Waals surface area contributed by atoms with Crippen molar-refractivity contribution in [3.63, 3.8) is 0 Å². The van der Waals surface area contributed by atoms with Crippen molar-refractivity contribution in [3.8, 4) is 11.1 Å². The number of benzene rings is 2. The molecule has 0 amide bonds. The predicted molar refractivity (Wildman–Crippen MR) is 73.6 cm³/mol. The number of hydrogen-bond donors (Lipinski definition) is 0. The van der Waals surface area contributed by atoms with E-state index < -0.39 is 0 Å². The maximum atomic E-state index is 11.2. The van der Waals surface area contributed by atoms with Gasteiger partial charge in [-0.2, -0.15) is 0 Å². The SMILES string of the molecule is O=CC1CCCc2ccc(-c3ccccc3)cc21. The molecule has 0 fully saturated rings. The second-order valence-electron chi connectivity index (χ2n) is 4.91. The van der Waals surface area contributed by atoms with Gasteiger partial charge >= 0.3 is 0 Å². The van der Waals surface area contributed by atoms with Crippen LogP contribution in [-0.4, -0.2) is 6.29 Å². The van der Waals surface area contributed by atoms with Gasteiger partial charge in [0, 0.05) is 5.92 Å². The minimum absolute atomic E-state index is 0.0948. The molecule has 1 heteroatoms. The lowest BCUT2D eigenvalue weighted by atomic mass is 9.82. The van der Waals surface area contributed by atoms with E-state index in [-0.39, 0.29) is 5.92 Å². The first-order chi connectivity index (χ1) is 8.88. The van der Waals surface area contributed by atoms with Crippen LogP contribution in [0.4, 0.5) is 0 Å². The van der Waals surface area contributed by atoms with Gasteiger partial charge in [-0.15, -0.1) is 0 Å². The van der Waals surface area contributed by atoms with Gasteiger partial charge in [-0.25, -0.2) is 0 Å². The zero-order valence-corrected chi connectivity index (χ0v) is 10.3. The van der Waals surface area contributed by atoms with E-state index in [1.54, 1.807) is 0 Å². The van der Waals surface area contributed by atoms with Crippen molar-refractivity contribution in [2.75, 3.05) is 0 Å². The molecule has 2 aromatic rings. The second kappa shape index (κ2) is 4.77. The smallest absolute Gasteiger partial charge is 0.127 e. The fourth-order valence-electron chi connectivity index (χ4n) is 2.79. The Morgan fingerprint density at radius 2 is 1.83 bits per heavy atom. The van der Waals surface area contributed by atoms with E-state index in [9.17, 15) is 4.79 Å². The Hall–Kier alpha value is -1.89. The summed E-state index contributed by atoms with van der Waals surface area (Å²) >= 11 is 0. The highest BCUT2D eigenvalue weighted by atomic mass is 16.1. The van der Waals surface area contributed by atoms with Gasteiger partial charge in [0.1, 0.15) is 6.29 Å². The van der Waals surface area contributed by atoms with Crippen LogP contribution in [0.2, 0.25) is 0 Å². The monoisotopic (exact) mass is 236 g/mol. The molecule has 0 saturated heterocycles. The molecule has 2 aromatic carbocycles. The molecule has 0 bridgehead atoms. The maximum absolute atomic E-state index is 11.2. The minimum Gasteiger partial charge on any atom is -0.303 e. The molecule has 0 spiro atoms. The van der Waals surface area contributed by atoms with E-state index in [1.807, 2.05) is 18.2 Å². The Labute approximate surface area is 107 Å². The number of rotatable bonds is 2. The van der Waals surface area contributed by atoms with Crippen LogP contribution in [0.25, 0.3) is 11.1 Å². The first-order valence-corrected chi connectivity index (χ1v) is 6.52. The van der Waals surface area contributed by atoms with E-state index in [1.165, 1.54) is 22.3 Å². The van der Waals surface area contributed by atoms with Crippen molar-refractivity contribution < 1.29 is 4.79 Å². The number of aryl methyl sites for hydroxylation is 1. The Morgan fingerprint density at radius 1 is 1.00 bits per heavy atom. The van der Waals surface area contributed by atoms with Crippen LogP contribution >= 0.6 is 0 Å². The lowest BCUT2D eigenvalue weighted by molar-refractivity contribution is -0.109. The number of aldehydes is 1. The van der Waals surface area contributed by atoms with E-state index in [4.69, 9.17) is 0 Å². The fourth-order valence-corrected chi connectivity index (χ4v) is 2.79. The van der Waals surface area contributed by atoms with E-state index in [0.717, 1.165) is 25.5 Å². The zero-order valence-electron chi connectivity index (χ0n) is 10.3. The molecule has 0 saturated carbocycles. The molecule has 1 nitrogen and oxygen atoms in total. The standard InChI is InChI=1S/C17H16O/c18-12-16-8-4-7-14-9-10-15(11-17(14)16)13-5-2-1-3-6-13/h1-3,5-6,9-12,16H,4,7-8H2. The van der Waals surface area contributed by atoms with Gasteiger partial charge in [-0.1, -0.05) is 48.5 Å². The summed E-state index contributed by atoms with van der Waals surface area (Å²) in [4.78, 5) is 11.2. The average molecular weight is 236 g/mol. The molecule has 1 aliphatic carbocycles. The normalized spacial score (nSPS) is 18.1. The van der Waals surface area contributed by atoms with Crippen molar-refractivity contribution in [2.45, 2.75) is 25.2 Å². The third kappa shape index (κ3) is 1.97. The summed E-state index contributed by atoms with van der Waals surface area (Å²) in [5.74, 6) is 0.0948. The summed E-state index contributed by atoms with van der Waals surface area (Å²) in [5, 5.41) is 0. The lowest BCUT2D eigenvalue weighted by Crippen LogP contribution is -2.10. The van der Waals surface area contributed by atoms with Gasteiger partial charge in [0.05, 0.1) is 0 Å². The molecular weight excluding hydrogens is 220 g/mol. The van der Waals surface area contributed by atoms with E-state index in [0.29, 0.717) is 0 Å². The fraction of sp³-hybridized carbons (Fsp3) is 0.235. The van der Waals surface area contributed by atoms with Gasteiger partial charge < -0.3 is 4.79 Å². The van der Waals surface area contributed by atoms with E-state index >= 15 is 0 Å². The van der Waals surface area contributed by atoms with Crippen molar-refractivity contribution in [1.82, 2.24) is 0 Å². The Morgan fingerprint density at radius 3 is 2.61 bits per heavy atom. The van der Waals surface area contributed by atoms with Crippen LogP contribution < -0.4 is 0 Å². The molecule has 3 rings (SSSR count). The number of carbonyl (C=O) groups excluding carboxylic acids is 1. The Balaban J connectivity index is 2.07. The summed E-state index contributed by atoms with van der Waals surface area (Å²) in [5.41, 5.74) is 5.01. The van der Waals surface area contributed by atoms with Gasteiger partial charge in [0.15, 0.2) is 0 Å². The molecule has 0 N–H and O–H groups in total. The molecule has 90 valence electrons. The summed E-state index contributed by atoms with van der Waals surface area (Å²) in [6.45, 7) is 0. The topological polar surface area (TPSA) is 17.1 Å². The first-order valence-electron chi connectivity index (χ1n) is 6.52. The summed E-state index contributed by atoms with van der Waals surface area (Å²) in [6, 6.07) is 16.9. The summed E-state index contributed by atoms with van der Waals surface area (Å²) < 4.78 is 0. The quantitative estimate of drug-likeness (QED) is 0.721. The zero-order chi connectivity index (χ0) is 12.4. The molecule has 0 aromatic heterocycles. The molecule has 18 heavy (non-hydrogen) atoms. The lowest BCUT2D eigenvalue weighted by Gasteiger charge is -2.22. The van der Waals surface area contributed by atoms with E-state index in [2.05, 4.69) is 30.3 Å². The highest BCUT2D eigenvalue weighted by Gasteiger charge is 2.19. The Bertz CT molecular complexity index is 557. The predicted octanol–water partition coefficient (Wildman–Crippen LogP) is 3.97.